The maximum absolute atomic E-state index is 14.3. The third-order valence-corrected chi connectivity index (χ3v) is 4.43. The van der Waals surface area contributed by atoms with Gasteiger partial charge in [-0.1, -0.05) is 6.07 Å². The van der Waals surface area contributed by atoms with E-state index in [1.807, 2.05) is 23.8 Å². The van der Waals surface area contributed by atoms with Crippen LogP contribution in [-0.2, 0) is 6.54 Å². The molecule has 2 aromatic rings. The first kappa shape index (κ1) is 21.5. The SMILES string of the molecule is CN=C(NCCn1ccnc1)NC(C)c1ccc(OCC2CC2)c(F)c1.I. The minimum atomic E-state index is -0.320. The Balaban J connectivity index is 0.00000261. The number of benzene rings is 1. The average molecular weight is 487 g/mol. The minimum absolute atomic E-state index is 0. The van der Waals surface area contributed by atoms with Crippen LogP contribution in [0, 0.1) is 11.7 Å². The summed E-state index contributed by atoms with van der Waals surface area (Å²) in [6.07, 6.45) is 7.81. The first-order valence-electron chi connectivity index (χ1n) is 9.01. The van der Waals surface area contributed by atoms with Crippen LogP contribution in [-0.4, -0.2) is 35.7 Å². The first-order chi connectivity index (χ1) is 12.7. The summed E-state index contributed by atoms with van der Waals surface area (Å²) >= 11 is 0. The van der Waals surface area contributed by atoms with Gasteiger partial charge in [-0.3, -0.25) is 4.99 Å². The molecular formula is C19H27FIN5O. The summed E-state index contributed by atoms with van der Waals surface area (Å²) in [6, 6.07) is 5.04. The molecule has 0 spiro atoms. The predicted octanol–water partition coefficient (Wildman–Crippen LogP) is 3.36. The Bertz CT molecular complexity index is 734. The lowest BCUT2D eigenvalue weighted by Gasteiger charge is -2.19. The van der Waals surface area contributed by atoms with E-state index in [0.29, 0.717) is 30.8 Å². The van der Waals surface area contributed by atoms with Crippen molar-refractivity contribution >= 4 is 29.9 Å². The number of nitrogens with zero attached hydrogens (tertiary/aromatic N) is 3. The highest BCUT2D eigenvalue weighted by molar-refractivity contribution is 14.0. The summed E-state index contributed by atoms with van der Waals surface area (Å²) in [5, 5.41) is 6.52. The van der Waals surface area contributed by atoms with Gasteiger partial charge in [-0.25, -0.2) is 9.37 Å². The molecule has 2 N–H and O–H groups in total. The molecule has 1 heterocycles. The molecule has 27 heavy (non-hydrogen) atoms. The van der Waals surface area contributed by atoms with Crippen molar-refractivity contribution in [2.24, 2.45) is 10.9 Å². The normalized spacial score (nSPS) is 15.0. The van der Waals surface area contributed by atoms with Crippen molar-refractivity contribution in [2.45, 2.75) is 32.4 Å². The maximum Gasteiger partial charge on any atom is 0.191 e. The van der Waals surface area contributed by atoms with Crippen molar-refractivity contribution in [3.63, 3.8) is 0 Å². The fourth-order valence-electron chi connectivity index (χ4n) is 2.60. The van der Waals surface area contributed by atoms with Gasteiger partial charge in [0.1, 0.15) is 0 Å². The Morgan fingerprint density at radius 2 is 2.26 bits per heavy atom. The van der Waals surface area contributed by atoms with E-state index in [1.165, 1.54) is 18.9 Å². The van der Waals surface area contributed by atoms with E-state index in [9.17, 15) is 4.39 Å². The van der Waals surface area contributed by atoms with Crippen molar-refractivity contribution < 1.29 is 9.13 Å². The van der Waals surface area contributed by atoms with Crippen LogP contribution in [0.15, 0.2) is 41.9 Å². The first-order valence-corrected chi connectivity index (χ1v) is 9.01. The summed E-state index contributed by atoms with van der Waals surface area (Å²) in [5.74, 6) is 1.29. The third kappa shape index (κ3) is 6.67. The molecule has 8 heteroatoms. The van der Waals surface area contributed by atoms with Crippen LogP contribution in [0.4, 0.5) is 4.39 Å². The lowest BCUT2D eigenvalue weighted by molar-refractivity contribution is 0.285. The number of hydrogen-bond acceptors (Lipinski definition) is 3. The van der Waals surface area contributed by atoms with Crippen LogP contribution in [0.2, 0.25) is 0 Å². The predicted molar refractivity (Wildman–Crippen MR) is 115 cm³/mol. The maximum atomic E-state index is 14.3. The fraction of sp³-hybridized carbons (Fsp3) is 0.474. The number of nitrogens with one attached hydrogen (secondary N) is 2. The van der Waals surface area contributed by atoms with Gasteiger partial charge in [0.05, 0.1) is 19.0 Å². The molecule has 3 rings (SSSR count). The number of aromatic nitrogens is 2. The van der Waals surface area contributed by atoms with Gasteiger partial charge in [0.15, 0.2) is 17.5 Å². The second-order valence-electron chi connectivity index (χ2n) is 6.61. The number of hydrogen-bond donors (Lipinski definition) is 2. The van der Waals surface area contributed by atoms with Crippen LogP contribution < -0.4 is 15.4 Å². The monoisotopic (exact) mass is 487 g/mol. The van der Waals surface area contributed by atoms with Crippen LogP contribution in [0.5, 0.6) is 5.75 Å². The van der Waals surface area contributed by atoms with E-state index in [1.54, 1.807) is 25.6 Å². The highest BCUT2D eigenvalue weighted by atomic mass is 127. The summed E-state index contributed by atoms with van der Waals surface area (Å²) in [7, 11) is 1.72. The average Bonchev–Trinajstić information content (AvgIpc) is 3.33. The van der Waals surface area contributed by atoms with Gasteiger partial charge in [-0.05, 0) is 43.4 Å². The number of guanidine groups is 1. The van der Waals surface area contributed by atoms with Crippen molar-refractivity contribution in [1.29, 1.82) is 0 Å². The van der Waals surface area contributed by atoms with Gasteiger partial charge in [0, 0.05) is 32.5 Å². The van der Waals surface area contributed by atoms with E-state index in [2.05, 4.69) is 20.6 Å². The topological polar surface area (TPSA) is 63.5 Å². The van der Waals surface area contributed by atoms with E-state index >= 15 is 0 Å². The highest BCUT2D eigenvalue weighted by Crippen LogP contribution is 2.30. The van der Waals surface area contributed by atoms with Gasteiger partial charge in [-0.2, -0.15) is 0 Å². The number of rotatable bonds is 8. The largest absolute Gasteiger partial charge is 0.490 e. The highest BCUT2D eigenvalue weighted by Gasteiger charge is 2.22. The molecule has 1 saturated carbocycles. The van der Waals surface area contributed by atoms with Crippen LogP contribution >= 0.6 is 24.0 Å². The molecule has 0 amide bonds. The molecule has 1 aromatic heterocycles. The Kier molecular flexibility index (Phi) is 8.33. The van der Waals surface area contributed by atoms with Crippen LogP contribution in [0.25, 0.3) is 0 Å². The lowest BCUT2D eigenvalue weighted by atomic mass is 10.1. The molecule has 0 radical (unpaired) electrons. The lowest BCUT2D eigenvalue weighted by Crippen LogP contribution is -2.40. The van der Waals surface area contributed by atoms with Gasteiger partial charge in [0.2, 0.25) is 0 Å². The molecule has 0 aliphatic heterocycles. The zero-order chi connectivity index (χ0) is 18.4. The number of halogens is 2. The van der Waals surface area contributed by atoms with E-state index in [0.717, 1.165) is 12.1 Å². The molecule has 0 bridgehead atoms. The van der Waals surface area contributed by atoms with Gasteiger partial charge in [0.25, 0.3) is 0 Å². The van der Waals surface area contributed by atoms with Crippen molar-refractivity contribution in [1.82, 2.24) is 20.2 Å². The Morgan fingerprint density at radius 1 is 1.44 bits per heavy atom. The van der Waals surface area contributed by atoms with E-state index in [-0.39, 0.29) is 35.8 Å². The minimum Gasteiger partial charge on any atom is -0.490 e. The van der Waals surface area contributed by atoms with Crippen molar-refractivity contribution in [3.05, 3.63) is 48.3 Å². The molecular weight excluding hydrogens is 460 g/mol. The third-order valence-electron chi connectivity index (χ3n) is 4.43. The molecule has 1 aliphatic rings. The van der Waals surface area contributed by atoms with Crippen molar-refractivity contribution in [3.8, 4) is 5.75 Å². The molecule has 1 fully saturated rings. The van der Waals surface area contributed by atoms with Gasteiger partial charge >= 0.3 is 0 Å². The molecule has 6 nitrogen and oxygen atoms in total. The summed E-state index contributed by atoms with van der Waals surface area (Å²) in [4.78, 5) is 8.23. The molecule has 1 aromatic carbocycles. The number of imidazole rings is 1. The summed E-state index contributed by atoms with van der Waals surface area (Å²) < 4.78 is 21.8. The molecule has 1 unspecified atom stereocenters. The smallest absolute Gasteiger partial charge is 0.191 e. The molecule has 1 aliphatic carbocycles. The van der Waals surface area contributed by atoms with Crippen LogP contribution in [0.1, 0.15) is 31.4 Å². The summed E-state index contributed by atoms with van der Waals surface area (Å²) in [5.41, 5.74) is 0.846. The van der Waals surface area contributed by atoms with E-state index in [4.69, 9.17) is 4.74 Å². The second-order valence-corrected chi connectivity index (χ2v) is 6.61. The van der Waals surface area contributed by atoms with Crippen molar-refractivity contribution in [2.75, 3.05) is 20.2 Å². The van der Waals surface area contributed by atoms with E-state index < -0.39 is 0 Å². The number of aliphatic imine (C=N–C) groups is 1. The summed E-state index contributed by atoms with van der Waals surface area (Å²) in [6.45, 7) is 4.08. The molecule has 0 saturated heterocycles. The molecule has 1 atom stereocenters. The zero-order valence-corrected chi connectivity index (χ0v) is 18.0. The Morgan fingerprint density at radius 3 is 2.89 bits per heavy atom. The van der Waals surface area contributed by atoms with Gasteiger partial charge in [-0.15, -0.1) is 24.0 Å². The zero-order valence-electron chi connectivity index (χ0n) is 15.7. The second kappa shape index (κ2) is 10.5. The quantitative estimate of drug-likeness (QED) is 0.341. The Hall–Kier alpha value is -1.84. The standard InChI is InChI=1S/C19H26FN5O.HI/c1-14(24-19(21-2)23-8-10-25-9-7-22-13-25)16-5-6-18(17(20)11-16)26-12-15-3-4-15;/h5-7,9,11,13-15H,3-4,8,10,12H2,1-2H3,(H2,21,23,24);1H. The molecule has 148 valence electrons. The fourth-order valence-corrected chi connectivity index (χ4v) is 2.60. The van der Waals surface area contributed by atoms with Gasteiger partial charge < -0.3 is 19.9 Å². The van der Waals surface area contributed by atoms with Crippen LogP contribution in [0.3, 0.4) is 0 Å². The number of ether oxygens (including phenoxy) is 1. The Labute approximate surface area is 176 Å².